The largest absolute Gasteiger partial charge is 0.495 e. The first kappa shape index (κ1) is 27.0. The lowest BCUT2D eigenvalue weighted by Gasteiger charge is -2.36. The second-order valence-electron chi connectivity index (χ2n) is 7.63. The Morgan fingerprint density at radius 3 is 1.97 bits per heavy atom. The molecule has 13 heteroatoms. The average Bonchev–Trinajstić information content (AvgIpc) is 2.87. The molecule has 1 aliphatic heterocycles. The molecule has 0 aromatic heterocycles. The number of piperazine rings is 1. The van der Waals surface area contributed by atoms with Crippen LogP contribution < -0.4 is 23.8 Å². The van der Waals surface area contributed by atoms with Crippen molar-refractivity contribution in [2.75, 3.05) is 72.7 Å². The molecular formula is C22H31N3O8S2. The van der Waals surface area contributed by atoms with E-state index in [1.807, 2.05) is 4.90 Å². The van der Waals surface area contributed by atoms with Crippen LogP contribution in [0.2, 0.25) is 0 Å². The third-order valence-corrected chi connectivity index (χ3v) is 8.98. The third kappa shape index (κ3) is 5.98. The van der Waals surface area contributed by atoms with Crippen LogP contribution in [-0.4, -0.2) is 88.9 Å². The lowest BCUT2D eigenvalue weighted by Crippen LogP contribution is -2.48. The minimum absolute atomic E-state index is 0.0878. The summed E-state index contributed by atoms with van der Waals surface area (Å²) in [5, 5.41) is 0. The zero-order valence-corrected chi connectivity index (χ0v) is 21.8. The molecule has 0 bridgehead atoms. The number of sulfonamides is 2. The Morgan fingerprint density at radius 2 is 1.37 bits per heavy atom. The first-order valence-electron chi connectivity index (χ1n) is 10.8. The highest BCUT2D eigenvalue weighted by molar-refractivity contribution is 7.89. The molecule has 2 aromatic carbocycles. The fourth-order valence-electron chi connectivity index (χ4n) is 3.74. The van der Waals surface area contributed by atoms with Crippen molar-refractivity contribution in [2.24, 2.45) is 0 Å². The standard InChI is InChI=1S/C22H31N3O8S2/c1-30-14-9-23-34(26,27)17-5-7-20(31-2)19(15-17)24-10-12-25(13-11-24)35(28,29)18-6-8-21(32-3)22(16-18)33-4/h5-8,15-16,23H,9-14H2,1-4H3. The quantitative estimate of drug-likeness (QED) is 0.427. The number of nitrogens with one attached hydrogen (secondary N) is 1. The van der Waals surface area contributed by atoms with Crippen LogP contribution in [0.15, 0.2) is 46.2 Å². The van der Waals surface area contributed by atoms with Gasteiger partial charge in [-0.2, -0.15) is 4.31 Å². The van der Waals surface area contributed by atoms with E-state index in [-0.39, 0.29) is 36.0 Å². The lowest BCUT2D eigenvalue weighted by atomic mass is 10.2. The molecule has 0 saturated carbocycles. The van der Waals surface area contributed by atoms with Crippen molar-refractivity contribution in [1.29, 1.82) is 0 Å². The van der Waals surface area contributed by atoms with Crippen molar-refractivity contribution in [3.63, 3.8) is 0 Å². The molecule has 0 spiro atoms. The molecule has 1 heterocycles. The second-order valence-corrected chi connectivity index (χ2v) is 11.3. The Kier molecular flexibility index (Phi) is 8.83. The maximum absolute atomic E-state index is 13.2. The number of hydrogen-bond donors (Lipinski definition) is 1. The normalized spacial score (nSPS) is 15.1. The zero-order chi connectivity index (χ0) is 25.6. The van der Waals surface area contributed by atoms with Crippen molar-refractivity contribution >= 4 is 25.7 Å². The van der Waals surface area contributed by atoms with Crippen molar-refractivity contribution in [3.05, 3.63) is 36.4 Å². The monoisotopic (exact) mass is 529 g/mol. The second kappa shape index (κ2) is 11.4. The van der Waals surface area contributed by atoms with Gasteiger partial charge in [0.2, 0.25) is 20.0 Å². The lowest BCUT2D eigenvalue weighted by molar-refractivity contribution is 0.204. The van der Waals surface area contributed by atoms with Crippen LogP contribution in [0.25, 0.3) is 0 Å². The average molecular weight is 530 g/mol. The van der Waals surface area contributed by atoms with Crippen LogP contribution in [0.5, 0.6) is 17.2 Å². The molecule has 194 valence electrons. The predicted octanol–water partition coefficient (Wildman–Crippen LogP) is 1.15. The highest BCUT2D eigenvalue weighted by Crippen LogP contribution is 2.34. The molecule has 1 N–H and O–H groups in total. The molecule has 0 aliphatic carbocycles. The Hall–Kier alpha value is -2.58. The summed E-state index contributed by atoms with van der Waals surface area (Å²) in [6.45, 7) is 1.52. The molecule has 1 fully saturated rings. The van der Waals surface area contributed by atoms with E-state index in [0.29, 0.717) is 36.0 Å². The number of rotatable bonds is 11. The van der Waals surface area contributed by atoms with Gasteiger partial charge in [0.1, 0.15) is 5.75 Å². The molecule has 11 nitrogen and oxygen atoms in total. The number of benzene rings is 2. The molecule has 35 heavy (non-hydrogen) atoms. The number of hydrogen-bond acceptors (Lipinski definition) is 9. The number of nitrogens with zero attached hydrogens (tertiary/aromatic N) is 2. The van der Waals surface area contributed by atoms with E-state index in [0.717, 1.165) is 0 Å². The van der Waals surface area contributed by atoms with Gasteiger partial charge in [-0.05, 0) is 30.3 Å². The fraction of sp³-hybridized carbons (Fsp3) is 0.455. The minimum atomic E-state index is -3.76. The minimum Gasteiger partial charge on any atom is -0.495 e. The summed E-state index contributed by atoms with van der Waals surface area (Å²) in [6, 6.07) is 9.07. The van der Waals surface area contributed by atoms with Gasteiger partial charge in [-0.25, -0.2) is 21.6 Å². The van der Waals surface area contributed by atoms with Gasteiger partial charge in [0.05, 0.1) is 43.4 Å². The summed E-state index contributed by atoms with van der Waals surface area (Å²) in [5.74, 6) is 1.26. The van der Waals surface area contributed by atoms with Gasteiger partial charge in [-0.15, -0.1) is 0 Å². The summed E-state index contributed by atoms with van der Waals surface area (Å²) in [7, 11) is -1.58. The number of anilines is 1. The molecule has 0 radical (unpaired) electrons. The van der Waals surface area contributed by atoms with Crippen LogP contribution >= 0.6 is 0 Å². The van der Waals surface area contributed by atoms with Gasteiger partial charge in [0, 0.05) is 45.9 Å². The van der Waals surface area contributed by atoms with Crippen molar-refractivity contribution in [2.45, 2.75) is 9.79 Å². The van der Waals surface area contributed by atoms with Crippen LogP contribution in [0, 0.1) is 0 Å². The third-order valence-electron chi connectivity index (χ3n) is 5.63. The van der Waals surface area contributed by atoms with E-state index in [9.17, 15) is 16.8 Å². The van der Waals surface area contributed by atoms with Gasteiger partial charge >= 0.3 is 0 Å². The van der Waals surface area contributed by atoms with E-state index in [2.05, 4.69) is 4.72 Å². The molecule has 2 aromatic rings. The first-order chi connectivity index (χ1) is 16.7. The van der Waals surface area contributed by atoms with E-state index in [4.69, 9.17) is 18.9 Å². The summed E-state index contributed by atoms with van der Waals surface area (Å²) < 4.78 is 76.4. The van der Waals surface area contributed by atoms with Gasteiger partial charge in [0.25, 0.3) is 0 Å². The summed E-state index contributed by atoms with van der Waals surface area (Å²) in [4.78, 5) is 2.11. The summed E-state index contributed by atoms with van der Waals surface area (Å²) >= 11 is 0. The highest BCUT2D eigenvalue weighted by Gasteiger charge is 2.30. The van der Waals surface area contributed by atoms with Crippen molar-refractivity contribution in [3.8, 4) is 17.2 Å². The Bertz CT molecular complexity index is 1230. The molecule has 0 unspecified atom stereocenters. The van der Waals surface area contributed by atoms with E-state index >= 15 is 0 Å². The SMILES string of the molecule is COCCNS(=O)(=O)c1ccc(OC)c(N2CCN(S(=O)(=O)c3ccc(OC)c(OC)c3)CC2)c1. The van der Waals surface area contributed by atoms with Gasteiger partial charge in [-0.1, -0.05) is 0 Å². The Morgan fingerprint density at radius 1 is 0.771 bits per heavy atom. The molecular weight excluding hydrogens is 498 g/mol. The first-order valence-corrected chi connectivity index (χ1v) is 13.7. The van der Waals surface area contributed by atoms with Gasteiger partial charge in [0.15, 0.2) is 11.5 Å². The topological polar surface area (TPSA) is 124 Å². The molecule has 0 atom stereocenters. The van der Waals surface area contributed by atoms with E-state index in [1.165, 1.54) is 57.0 Å². The molecule has 0 amide bonds. The van der Waals surface area contributed by atoms with Crippen molar-refractivity contribution < 1.29 is 35.8 Å². The predicted molar refractivity (Wildman–Crippen MR) is 131 cm³/mol. The molecule has 1 saturated heterocycles. The summed E-state index contributed by atoms with van der Waals surface area (Å²) in [5.41, 5.74) is 0.574. The Balaban J connectivity index is 1.79. The maximum atomic E-state index is 13.2. The van der Waals surface area contributed by atoms with Gasteiger partial charge in [-0.3, -0.25) is 0 Å². The Labute approximate surface area is 206 Å². The van der Waals surface area contributed by atoms with Crippen LogP contribution in [0.3, 0.4) is 0 Å². The van der Waals surface area contributed by atoms with Crippen LogP contribution in [0.1, 0.15) is 0 Å². The number of methoxy groups -OCH3 is 4. The molecule has 3 rings (SSSR count). The maximum Gasteiger partial charge on any atom is 0.243 e. The smallest absolute Gasteiger partial charge is 0.243 e. The van der Waals surface area contributed by atoms with Gasteiger partial charge < -0.3 is 23.8 Å². The molecule has 1 aliphatic rings. The van der Waals surface area contributed by atoms with E-state index < -0.39 is 20.0 Å². The zero-order valence-electron chi connectivity index (χ0n) is 20.2. The summed E-state index contributed by atoms with van der Waals surface area (Å²) in [6.07, 6.45) is 0. The fourth-order valence-corrected chi connectivity index (χ4v) is 6.21. The highest BCUT2D eigenvalue weighted by atomic mass is 32.2. The van der Waals surface area contributed by atoms with Crippen molar-refractivity contribution in [1.82, 2.24) is 9.03 Å². The van der Waals surface area contributed by atoms with Crippen LogP contribution in [-0.2, 0) is 24.8 Å². The number of ether oxygens (including phenoxy) is 4. The van der Waals surface area contributed by atoms with E-state index in [1.54, 1.807) is 12.1 Å². The van der Waals surface area contributed by atoms with Crippen LogP contribution in [0.4, 0.5) is 5.69 Å².